The Morgan fingerprint density at radius 1 is 1.29 bits per heavy atom. The summed E-state index contributed by atoms with van der Waals surface area (Å²) >= 11 is 0. The average Bonchev–Trinajstić information content (AvgIpc) is 3.35. The fourth-order valence-electron chi connectivity index (χ4n) is 3.42. The number of amides is 1. The van der Waals surface area contributed by atoms with Gasteiger partial charge in [0.05, 0.1) is 35.5 Å². The number of rotatable bonds is 10. The maximum Gasteiger partial charge on any atom is 0.237 e. The number of nitrogens with zero attached hydrogens (tertiary/aromatic N) is 3. The Balaban J connectivity index is 1.52. The van der Waals surface area contributed by atoms with E-state index in [4.69, 9.17) is 10.00 Å². The SMILES string of the molecule is CCCNc1nc(Nc2ccc(C#N)cc2)ncc1C#CCCCNC(=O)[C@@H]1C[C@@H](OC)CN1. The molecule has 1 aliphatic heterocycles. The maximum absolute atomic E-state index is 12.2. The van der Waals surface area contributed by atoms with Gasteiger partial charge in [-0.2, -0.15) is 10.2 Å². The monoisotopic (exact) mass is 461 g/mol. The third-order valence-electron chi connectivity index (χ3n) is 5.34. The third-order valence-corrected chi connectivity index (χ3v) is 5.34. The van der Waals surface area contributed by atoms with Crippen molar-refractivity contribution in [3.05, 3.63) is 41.6 Å². The zero-order chi connectivity index (χ0) is 24.2. The molecule has 0 radical (unpaired) electrons. The van der Waals surface area contributed by atoms with Crippen molar-refractivity contribution in [2.24, 2.45) is 0 Å². The second-order valence-corrected chi connectivity index (χ2v) is 7.95. The van der Waals surface area contributed by atoms with Gasteiger partial charge in [0.2, 0.25) is 11.9 Å². The summed E-state index contributed by atoms with van der Waals surface area (Å²) in [5, 5.41) is 21.5. The first-order valence-corrected chi connectivity index (χ1v) is 11.5. The van der Waals surface area contributed by atoms with Gasteiger partial charge in [-0.3, -0.25) is 4.79 Å². The van der Waals surface area contributed by atoms with Crippen LogP contribution in [0.15, 0.2) is 30.5 Å². The average molecular weight is 462 g/mol. The van der Waals surface area contributed by atoms with Crippen LogP contribution in [0.25, 0.3) is 0 Å². The number of methoxy groups -OCH3 is 1. The van der Waals surface area contributed by atoms with Crippen molar-refractivity contribution in [2.45, 2.75) is 44.8 Å². The molecule has 1 aromatic carbocycles. The Morgan fingerprint density at radius 2 is 2.12 bits per heavy atom. The number of aromatic nitrogens is 2. The number of hydrogen-bond donors (Lipinski definition) is 4. The highest BCUT2D eigenvalue weighted by atomic mass is 16.5. The number of carbonyl (C=O) groups excluding carboxylic acids is 1. The fraction of sp³-hybridized carbons (Fsp3) is 0.440. The highest BCUT2D eigenvalue weighted by molar-refractivity contribution is 5.82. The molecule has 1 aliphatic rings. The quantitative estimate of drug-likeness (QED) is 0.314. The van der Waals surface area contributed by atoms with Gasteiger partial charge in [0, 0.05) is 38.9 Å². The number of nitrogens with one attached hydrogen (secondary N) is 4. The number of carbonyl (C=O) groups is 1. The van der Waals surface area contributed by atoms with E-state index in [-0.39, 0.29) is 18.1 Å². The second-order valence-electron chi connectivity index (χ2n) is 7.95. The van der Waals surface area contributed by atoms with Gasteiger partial charge < -0.3 is 26.0 Å². The fourth-order valence-corrected chi connectivity index (χ4v) is 3.42. The number of hydrogen-bond acceptors (Lipinski definition) is 8. The molecule has 3 rings (SSSR count). The predicted molar refractivity (Wildman–Crippen MR) is 132 cm³/mol. The van der Waals surface area contributed by atoms with Crippen LogP contribution in [0.5, 0.6) is 0 Å². The summed E-state index contributed by atoms with van der Waals surface area (Å²) < 4.78 is 5.28. The molecule has 178 valence electrons. The van der Waals surface area contributed by atoms with Gasteiger partial charge in [0.1, 0.15) is 5.82 Å². The van der Waals surface area contributed by atoms with Gasteiger partial charge in [0.25, 0.3) is 0 Å². The largest absolute Gasteiger partial charge is 0.380 e. The van der Waals surface area contributed by atoms with E-state index in [2.05, 4.69) is 56.1 Å². The minimum absolute atomic E-state index is 0.0114. The van der Waals surface area contributed by atoms with E-state index in [0.29, 0.717) is 43.3 Å². The summed E-state index contributed by atoms with van der Waals surface area (Å²) in [6, 6.07) is 9.01. The number of unbranched alkanes of at least 4 members (excludes halogenated alkanes) is 1. The van der Waals surface area contributed by atoms with Gasteiger partial charge >= 0.3 is 0 Å². The van der Waals surface area contributed by atoms with E-state index in [9.17, 15) is 4.79 Å². The molecule has 1 aromatic heterocycles. The van der Waals surface area contributed by atoms with Gasteiger partial charge in [-0.1, -0.05) is 18.8 Å². The zero-order valence-electron chi connectivity index (χ0n) is 19.6. The van der Waals surface area contributed by atoms with Crippen LogP contribution in [0.2, 0.25) is 0 Å². The topological polar surface area (TPSA) is 124 Å². The number of nitriles is 1. The molecule has 2 atom stereocenters. The summed E-state index contributed by atoms with van der Waals surface area (Å²) in [6.07, 6.45) is 4.86. The minimum atomic E-state index is -0.184. The molecule has 0 aliphatic carbocycles. The lowest BCUT2D eigenvalue weighted by molar-refractivity contribution is -0.122. The zero-order valence-corrected chi connectivity index (χ0v) is 19.6. The number of ether oxygens (including phenoxy) is 1. The first-order chi connectivity index (χ1) is 16.6. The molecule has 4 N–H and O–H groups in total. The van der Waals surface area contributed by atoms with Crippen LogP contribution in [-0.2, 0) is 9.53 Å². The standard InChI is InChI=1S/C25H31N7O2/c1-3-12-27-23-19(16-30-25(32-23)31-20-10-8-18(15-26)9-11-20)7-5-4-6-13-28-24(33)22-14-21(34-2)17-29-22/h8-11,16,21-22,29H,3-4,6,12-14,17H2,1-2H3,(H,28,33)(H2,27,30,31,32)/t21-,22+/m1/s1. The normalized spacial score (nSPS) is 16.7. The van der Waals surface area contributed by atoms with E-state index in [1.807, 2.05) is 12.1 Å². The highest BCUT2D eigenvalue weighted by Crippen LogP contribution is 2.18. The molecule has 0 unspecified atom stereocenters. The molecule has 2 aromatic rings. The lowest BCUT2D eigenvalue weighted by Gasteiger charge is -2.10. The van der Waals surface area contributed by atoms with Crippen molar-refractivity contribution in [3.63, 3.8) is 0 Å². The molecule has 9 heteroatoms. The molecule has 1 fully saturated rings. The van der Waals surface area contributed by atoms with Crippen LogP contribution in [0.3, 0.4) is 0 Å². The lowest BCUT2D eigenvalue weighted by atomic mass is 10.2. The van der Waals surface area contributed by atoms with Crippen molar-refractivity contribution in [3.8, 4) is 17.9 Å². The molecule has 1 saturated heterocycles. The second kappa shape index (κ2) is 13.1. The van der Waals surface area contributed by atoms with Crippen molar-refractivity contribution >= 4 is 23.4 Å². The Labute approximate surface area is 200 Å². The van der Waals surface area contributed by atoms with E-state index in [1.54, 1.807) is 25.4 Å². The Hall–Kier alpha value is -3.66. The van der Waals surface area contributed by atoms with Crippen molar-refractivity contribution in [1.29, 1.82) is 5.26 Å². The summed E-state index contributed by atoms with van der Waals surface area (Å²) in [5.74, 6) is 7.43. The summed E-state index contributed by atoms with van der Waals surface area (Å²) in [5.41, 5.74) is 2.12. The molecule has 0 bridgehead atoms. The molecular formula is C25H31N7O2. The predicted octanol–water partition coefficient (Wildman–Crippen LogP) is 2.54. The molecule has 0 spiro atoms. The van der Waals surface area contributed by atoms with Crippen LogP contribution in [0, 0.1) is 23.2 Å². The van der Waals surface area contributed by atoms with Gasteiger partial charge in [-0.05, 0) is 43.5 Å². The van der Waals surface area contributed by atoms with Crippen molar-refractivity contribution in [2.75, 3.05) is 37.4 Å². The highest BCUT2D eigenvalue weighted by Gasteiger charge is 2.28. The van der Waals surface area contributed by atoms with Gasteiger partial charge in [-0.25, -0.2) is 4.98 Å². The van der Waals surface area contributed by atoms with E-state index >= 15 is 0 Å². The summed E-state index contributed by atoms with van der Waals surface area (Å²) in [4.78, 5) is 21.1. The first-order valence-electron chi connectivity index (χ1n) is 11.5. The Kier molecular flexibility index (Phi) is 9.65. The van der Waals surface area contributed by atoms with Gasteiger partial charge in [0.15, 0.2) is 0 Å². The first kappa shape index (κ1) is 25.0. The molecular weight excluding hydrogens is 430 g/mol. The summed E-state index contributed by atoms with van der Waals surface area (Å²) in [7, 11) is 1.67. The van der Waals surface area contributed by atoms with Gasteiger partial charge in [-0.15, -0.1) is 0 Å². The van der Waals surface area contributed by atoms with E-state index in [0.717, 1.165) is 30.6 Å². The van der Waals surface area contributed by atoms with Crippen LogP contribution in [-0.4, -0.2) is 54.8 Å². The molecule has 34 heavy (non-hydrogen) atoms. The van der Waals surface area contributed by atoms with Crippen LogP contribution >= 0.6 is 0 Å². The molecule has 9 nitrogen and oxygen atoms in total. The third kappa shape index (κ3) is 7.45. The molecule has 2 heterocycles. The van der Waals surface area contributed by atoms with Crippen LogP contribution in [0.4, 0.5) is 17.5 Å². The number of anilines is 3. The van der Waals surface area contributed by atoms with E-state index < -0.39 is 0 Å². The summed E-state index contributed by atoms with van der Waals surface area (Å²) in [6.45, 7) is 4.14. The number of benzene rings is 1. The Morgan fingerprint density at radius 3 is 2.82 bits per heavy atom. The minimum Gasteiger partial charge on any atom is -0.380 e. The van der Waals surface area contributed by atoms with Crippen molar-refractivity contribution < 1.29 is 9.53 Å². The smallest absolute Gasteiger partial charge is 0.237 e. The van der Waals surface area contributed by atoms with Crippen LogP contribution in [0.1, 0.15) is 43.7 Å². The van der Waals surface area contributed by atoms with Crippen LogP contribution < -0.4 is 21.3 Å². The maximum atomic E-state index is 12.2. The molecule has 1 amide bonds. The molecule has 0 saturated carbocycles. The lowest BCUT2D eigenvalue weighted by Crippen LogP contribution is -2.40. The Bertz CT molecular complexity index is 1050. The van der Waals surface area contributed by atoms with Crippen molar-refractivity contribution in [1.82, 2.24) is 20.6 Å². The van der Waals surface area contributed by atoms with E-state index in [1.165, 1.54) is 0 Å².